The first kappa shape index (κ1) is 14.0. The van der Waals surface area contributed by atoms with Crippen LogP contribution in [0.5, 0.6) is 5.75 Å². The molecule has 0 aliphatic carbocycles. The Morgan fingerprint density at radius 3 is 2.12 bits per heavy atom. The standard InChI is InChI=1S/C15H25NO/c1-6-12(4)15(16-5)13-7-9-14(10-8-13)17-11(2)3/h7-12,15-16H,6H2,1-5H3. The molecule has 2 nitrogen and oxygen atoms in total. The molecule has 0 bridgehead atoms. The van der Waals surface area contributed by atoms with E-state index in [0.29, 0.717) is 12.0 Å². The molecule has 0 saturated heterocycles. The van der Waals surface area contributed by atoms with Crippen LogP contribution in [0.2, 0.25) is 0 Å². The van der Waals surface area contributed by atoms with Crippen molar-refractivity contribution in [2.75, 3.05) is 7.05 Å². The van der Waals surface area contributed by atoms with Crippen LogP contribution >= 0.6 is 0 Å². The second kappa shape index (κ2) is 6.65. The SMILES string of the molecule is CCC(C)C(NC)c1ccc(OC(C)C)cc1. The molecule has 0 aromatic heterocycles. The molecule has 0 saturated carbocycles. The van der Waals surface area contributed by atoms with E-state index in [4.69, 9.17) is 4.74 Å². The molecule has 1 aromatic rings. The first-order valence-electron chi connectivity index (χ1n) is 6.52. The molecule has 0 aliphatic rings. The van der Waals surface area contributed by atoms with Gasteiger partial charge in [0.05, 0.1) is 6.10 Å². The highest BCUT2D eigenvalue weighted by Crippen LogP contribution is 2.25. The lowest BCUT2D eigenvalue weighted by Crippen LogP contribution is -2.23. The lowest BCUT2D eigenvalue weighted by atomic mass is 9.93. The molecule has 96 valence electrons. The van der Waals surface area contributed by atoms with Crippen molar-refractivity contribution in [3.63, 3.8) is 0 Å². The second-order valence-corrected chi connectivity index (χ2v) is 4.89. The highest BCUT2D eigenvalue weighted by Gasteiger charge is 2.15. The predicted molar refractivity (Wildman–Crippen MR) is 73.5 cm³/mol. The number of hydrogen-bond donors (Lipinski definition) is 1. The molecule has 0 heterocycles. The van der Waals surface area contributed by atoms with Gasteiger partial charge in [0.15, 0.2) is 0 Å². The molecule has 0 aliphatic heterocycles. The Hall–Kier alpha value is -1.02. The van der Waals surface area contributed by atoms with Gasteiger partial charge in [-0.2, -0.15) is 0 Å². The zero-order valence-corrected chi connectivity index (χ0v) is 11.7. The van der Waals surface area contributed by atoms with Crippen LogP contribution in [-0.2, 0) is 0 Å². The lowest BCUT2D eigenvalue weighted by Gasteiger charge is -2.23. The summed E-state index contributed by atoms with van der Waals surface area (Å²) in [6, 6.07) is 8.85. The third-order valence-corrected chi connectivity index (χ3v) is 3.13. The molecular weight excluding hydrogens is 210 g/mol. The topological polar surface area (TPSA) is 21.3 Å². The van der Waals surface area contributed by atoms with E-state index >= 15 is 0 Å². The third-order valence-electron chi connectivity index (χ3n) is 3.13. The lowest BCUT2D eigenvalue weighted by molar-refractivity contribution is 0.242. The normalized spacial score (nSPS) is 14.7. The fraction of sp³-hybridized carbons (Fsp3) is 0.600. The molecule has 17 heavy (non-hydrogen) atoms. The summed E-state index contributed by atoms with van der Waals surface area (Å²) in [6.07, 6.45) is 1.41. The Bertz CT molecular complexity index is 318. The molecule has 1 N–H and O–H groups in total. The van der Waals surface area contributed by atoms with Crippen molar-refractivity contribution in [2.24, 2.45) is 5.92 Å². The fourth-order valence-corrected chi connectivity index (χ4v) is 2.04. The van der Waals surface area contributed by atoms with Crippen molar-refractivity contribution >= 4 is 0 Å². The summed E-state index contributed by atoms with van der Waals surface area (Å²) in [5.41, 5.74) is 1.33. The van der Waals surface area contributed by atoms with Crippen LogP contribution in [0.3, 0.4) is 0 Å². The molecule has 0 amide bonds. The van der Waals surface area contributed by atoms with Gasteiger partial charge in [0.1, 0.15) is 5.75 Å². The zero-order valence-electron chi connectivity index (χ0n) is 11.7. The smallest absolute Gasteiger partial charge is 0.119 e. The van der Waals surface area contributed by atoms with Crippen molar-refractivity contribution in [1.82, 2.24) is 5.32 Å². The minimum Gasteiger partial charge on any atom is -0.491 e. The van der Waals surface area contributed by atoms with Crippen molar-refractivity contribution < 1.29 is 4.74 Å². The van der Waals surface area contributed by atoms with E-state index in [-0.39, 0.29) is 6.10 Å². The van der Waals surface area contributed by atoms with E-state index in [1.807, 2.05) is 20.9 Å². The summed E-state index contributed by atoms with van der Waals surface area (Å²) in [5, 5.41) is 3.39. The van der Waals surface area contributed by atoms with Crippen LogP contribution in [-0.4, -0.2) is 13.2 Å². The summed E-state index contributed by atoms with van der Waals surface area (Å²) in [6.45, 7) is 8.60. The van der Waals surface area contributed by atoms with Crippen LogP contribution in [0.15, 0.2) is 24.3 Å². The number of hydrogen-bond acceptors (Lipinski definition) is 2. The molecule has 0 fully saturated rings. The molecule has 2 atom stereocenters. The Morgan fingerprint density at radius 2 is 1.71 bits per heavy atom. The fourth-order valence-electron chi connectivity index (χ4n) is 2.04. The van der Waals surface area contributed by atoms with Gasteiger partial charge >= 0.3 is 0 Å². The predicted octanol–water partition coefficient (Wildman–Crippen LogP) is 3.78. The largest absolute Gasteiger partial charge is 0.491 e. The monoisotopic (exact) mass is 235 g/mol. The summed E-state index contributed by atoms with van der Waals surface area (Å²) < 4.78 is 5.65. The van der Waals surface area contributed by atoms with Crippen LogP contribution in [0.1, 0.15) is 45.7 Å². The van der Waals surface area contributed by atoms with Crippen LogP contribution in [0.25, 0.3) is 0 Å². The minimum absolute atomic E-state index is 0.232. The number of benzene rings is 1. The number of nitrogens with one attached hydrogen (secondary N) is 1. The van der Waals surface area contributed by atoms with Gasteiger partial charge in [0.2, 0.25) is 0 Å². The van der Waals surface area contributed by atoms with Gasteiger partial charge in [0, 0.05) is 6.04 Å². The highest BCUT2D eigenvalue weighted by atomic mass is 16.5. The van der Waals surface area contributed by atoms with E-state index in [1.54, 1.807) is 0 Å². The second-order valence-electron chi connectivity index (χ2n) is 4.89. The molecule has 2 unspecified atom stereocenters. The van der Waals surface area contributed by atoms with E-state index in [0.717, 1.165) is 5.75 Å². The third kappa shape index (κ3) is 4.04. The van der Waals surface area contributed by atoms with Gasteiger partial charge < -0.3 is 10.1 Å². The maximum atomic E-state index is 5.65. The summed E-state index contributed by atoms with van der Waals surface area (Å²) >= 11 is 0. The van der Waals surface area contributed by atoms with Crippen molar-refractivity contribution in [3.05, 3.63) is 29.8 Å². The van der Waals surface area contributed by atoms with Gasteiger partial charge in [-0.3, -0.25) is 0 Å². The van der Waals surface area contributed by atoms with Crippen molar-refractivity contribution in [2.45, 2.75) is 46.3 Å². The first-order chi connectivity index (χ1) is 8.08. The Morgan fingerprint density at radius 1 is 1.12 bits per heavy atom. The van der Waals surface area contributed by atoms with Gasteiger partial charge in [-0.25, -0.2) is 0 Å². The maximum absolute atomic E-state index is 5.65. The van der Waals surface area contributed by atoms with Crippen molar-refractivity contribution in [1.29, 1.82) is 0 Å². The Kier molecular flexibility index (Phi) is 5.49. The van der Waals surface area contributed by atoms with Gasteiger partial charge in [-0.1, -0.05) is 32.4 Å². The average molecular weight is 235 g/mol. The quantitative estimate of drug-likeness (QED) is 0.810. The average Bonchev–Trinajstić information content (AvgIpc) is 2.31. The Balaban J connectivity index is 2.77. The van der Waals surface area contributed by atoms with Gasteiger partial charge in [0.25, 0.3) is 0 Å². The molecule has 0 radical (unpaired) electrons. The van der Waals surface area contributed by atoms with E-state index < -0.39 is 0 Å². The highest BCUT2D eigenvalue weighted by molar-refractivity contribution is 5.29. The van der Waals surface area contributed by atoms with E-state index in [1.165, 1.54) is 12.0 Å². The summed E-state index contributed by atoms with van der Waals surface area (Å²) in [7, 11) is 2.02. The molecule has 1 rings (SSSR count). The van der Waals surface area contributed by atoms with E-state index in [2.05, 4.69) is 43.4 Å². The van der Waals surface area contributed by atoms with Gasteiger partial charge in [-0.15, -0.1) is 0 Å². The first-order valence-corrected chi connectivity index (χ1v) is 6.52. The van der Waals surface area contributed by atoms with Gasteiger partial charge in [-0.05, 0) is 44.5 Å². The van der Waals surface area contributed by atoms with Crippen molar-refractivity contribution in [3.8, 4) is 5.75 Å². The number of rotatable bonds is 6. The van der Waals surface area contributed by atoms with Crippen LogP contribution in [0.4, 0.5) is 0 Å². The summed E-state index contributed by atoms with van der Waals surface area (Å²) in [5.74, 6) is 1.58. The Labute approximate surface area is 105 Å². The van der Waals surface area contributed by atoms with Crippen LogP contribution < -0.4 is 10.1 Å². The minimum atomic E-state index is 0.232. The summed E-state index contributed by atoms with van der Waals surface area (Å²) in [4.78, 5) is 0. The zero-order chi connectivity index (χ0) is 12.8. The maximum Gasteiger partial charge on any atom is 0.119 e. The molecular formula is C15H25NO. The molecule has 2 heteroatoms. The van der Waals surface area contributed by atoms with E-state index in [9.17, 15) is 0 Å². The van der Waals surface area contributed by atoms with Crippen LogP contribution in [0, 0.1) is 5.92 Å². The number of ether oxygens (including phenoxy) is 1. The molecule has 1 aromatic carbocycles. The molecule has 0 spiro atoms.